The molecule has 0 aliphatic heterocycles. The molecule has 0 aliphatic rings. The molecule has 4 heteroatoms. The van der Waals surface area contributed by atoms with Crippen molar-refractivity contribution in [2.75, 3.05) is 6.26 Å². The maximum atomic E-state index is 11.7. The summed E-state index contributed by atoms with van der Waals surface area (Å²) >= 11 is 0. The van der Waals surface area contributed by atoms with Crippen LogP contribution in [0.15, 0.2) is 35.4 Å². The van der Waals surface area contributed by atoms with Crippen LogP contribution in [0.1, 0.15) is 0 Å². The number of pyridine rings is 2. The number of rotatable bonds is 1. The van der Waals surface area contributed by atoms with E-state index in [0.717, 1.165) is 10.8 Å². The van der Waals surface area contributed by atoms with E-state index >= 15 is 0 Å². The molecular formula is C12H8NO2S. The second kappa shape index (κ2) is 2.92. The molecule has 0 amide bonds. The Morgan fingerprint density at radius 3 is 2.69 bits per heavy atom. The highest BCUT2D eigenvalue weighted by atomic mass is 32.2. The van der Waals surface area contributed by atoms with Crippen LogP contribution in [-0.4, -0.2) is 19.7 Å². The van der Waals surface area contributed by atoms with Crippen molar-refractivity contribution in [3.8, 4) is 0 Å². The van der Waals surface area contributed by atoms with Crippen LogP contribution in [0.25, 0.3) is 21.7 Å². The zero-order valence-electron chi connectivity index (χ0n) is 8.56. The van der Waals surface area contributed by atoms with Crippen molar-refractivity contribution in [3.63, 3.8) is 0 Å². The number of hydrogen-bond acceptors (Lipinski definition) is 3. The summed E-state index contributed by atoms with van der Waals surface area (Å²) in [7, 11) is -3.26. The summed E-state index contributed by atoms with van der Waals surface area (Å²) in [5.41, 5.74) is 0.697. The second-order valence-corrected chi connectivity index (χ2v) is 5.75. The molecule has 2 aromatic heterocycles. The van der Waals surface area contributed by atoms with E-state index in [1.165, 1.54) is 6.26 Å². The van der Waals surface area contributed by atoms with Gasteiger partial charge in [0.25, 0.3) is 0 Å². The van der Waals surface area contributed by atoms with E-state index in [2.05, 4.69) is 11.1 Å². The third-order valence-electron chi connectivity index (χ3n) is 2.66. The Labute approximate surface area is 93.0 Å². The minimum Gasteiger partial charge on any atom is -0.256 e. The van der Waals surface area contributed by atoms with Gasteiger partial charge in [-0.1, -0.05) is 18.2 Å². The van der Waals surface area contributed by atoms with Crippen LogP contribution in [0.4, 0.5) is 0 Å². The van der Waals surface area contributed by atoms with Crippen LogP contribution < -0.4 is 0 Å². The van der Waals surface area contributed by atoms with Crippen LogP contribution >= 0.6 is 0 Å². The standard InChI is InChI=1S/C12H8NO2S/c1-16(14,15)11-4-2-3-9-8-5-6-10(12(9)11)13-7-8/h2-3,5-7H,1H3. The van der Waals surface area contributed by atoms with Gasteiger partial charge in [-0.15, -0.1) is 0 Å². The predicted octanol–water partition coefficient (Wildman–Crippen LogP) is 2.03. The van der Waals surface area contributed by atoms with E-state index in [9.17, 15) is 8.42 Å². The van der Waals surface area contributed by atoms with Crippen LogP contribution in [0.2, 0.25) is 0 Å². The normalized spacial score (nSPS) is 12.6. The van der Waals surface area contributed by atoms with Crippen molar-refractivity contribution < 1.29 is 8.42 Å². The average Bonchev–Trinajstić information content (AvgIpc) is 2.29. The van der Waals surface area contributed by atoms with Crippen molar-refractivity contribution >= 4 is 31.5 Å². The van der Waals surface area contributed by atoms with Gasteiger partial charge in [0.15, 0.2) is 9.84 Å². The van der Waals surface area contributed by atoms with E-state index < -0.39 is 9.84 Å². The van der Waals surface area contributed by atoms with E-state index in [1.807, 2.05) is 18.2 Å². The Hall–Kier alpha value is -1.68. The zero-order chi connectivity index (χ0) is 11.3. The Morgan fingerprint density at radius 2 is 2.06 bits per heavy atom. The number of sulfone groups is 1. The molecule has 0 N–H and O–H groups in total. The topological polar surface area (TPSA) is 47.0 Å². The molecule has 0 aliphatic carbocycles. The van der Waals surface area contributed by atoms with Gasteiger partial charge in [0.2, 0.25) is 0 Å². The molecule has 16 heavy (non-hydrogen) atoms. The van der Waals surface area contributed by atoms with Crippen LogP contribution in [-0.2, 0) is 9.84 Å². The minimum absolute atomic E-state index is 0.235. The lowest BCUT2D eigenvalue weighted by molar-refractivity contribution is 0.602. The van der Waals surface area contributed by atoms with Gasteiger partial charge in [-0.05, 0) is 11.5 Å². The van der Waals surface area contributed by atoms with Gasteiger partial charge in [-0.3, -0.25) is 4.98 Å². The van der Waals surface area contributed by atoms with Crippen LogP contribution in [0.3, 0.4) is 0 Å². The number of fused-ring (bicyclic) bond motifs is 2. The number of nitrogens with zero attached hydrogens (tertiary/aromatic N) is 1. The molecule has 2 aromatic carbocycles. The highest BCUT2D eigenvalue weighted by Gasteiger charge is 2.15. The fourth-order valence-electron chi connectivity index (χ4n) is 1.97. The lowest BCUT2D eigenvalue weighted by Crippen LogP contribution is -1.99. The maximum absolute atomic E-state index is 11.7. The lowest BCUT2D eigenvalue weighted by atomic mass is 10.1. The van der Waals surface area contributed by atoms with Crippen molar-refractivity contribution in [2.45, 2.75) is 4.90 Å². The summed E-state index contributed by atoms with van der Waals surface area (Å²) in [5, 5.41) is 2.56. The molecule has 79 valence electrons. The highest BCUT2D eigenvalue weighted by molar-refractivity contribution is 7.91. The molecule has 3 nitrogen and oxygen atoms in total. The molecule has 0 unspecified atom stereocenters. The predicted molar refractivity (Wildman–Crippen MR) is 62.4 cm³/mol. The zero-order valence-corrected chi connectivity index (χ0v) is 9.38. The fraction of sp³-hybridized carbons (Fsp3) is 0.0833. The molecule has 4 aromatic rings. The van der Waals surface area contributed by atoms with Crippen molar-refractivity contribution in [2.24, 2.45) is 0 Å². The Morgan fingerprint density at radius 1 is 1.25 bits per heavy atom. The monoisotopic (exact) mass is 230 g/mol. The Bertz CT molecular complexity index is 757. The van der Waals surface area contributed by atoms with Crippen molar-refractivity contribution in [1.82, 2.24) is 4.98 Å². The largest absolute Gasteiger partial charge is 0.256 e. The molecule has 0 spiro atoms. The van der Waals surface area contributed by atoms with Gasteiger partial charge >= 0.3 is 0 Å². The third-order valence-corrected chi connectivity index (χ3v) is 3.73. The fourth-order valence-corrected chi connectivity index (χ4v) is 2.83. The summed E-state index contributed by atoms with van der Waals surface area (Å²) < 4.78 is 23.3. The molecule has 1 radical (unpaired) electrons. The van der Waals surface area contributed by atoms with Crippen molar-refractivity contribution in [3.05, 3.63) is 36.5 Å². The Balaban J connectivity index is 2.64. The highest BCUT2D eigenvalue weighted by Crippen LogP contribution is 2.30. The maximum Gasteiger partial charge on any atom is 0.176 e. The van der Waals surface area contributed by atoms with E-state index in [-0.39, 0.29) is 4.90 Å². The minimum atomic E-state index is -3.26. The quantitative estimate of drug-likeness (QED) is 0.642. The molecule has 2 bridgehead atoms. The second-order valence-electron chi connectivity index (χ2n) is 3.80. The van der Waals surface area contributed by atoms with Gasteiger partial charge in [0.05, 0.1) is 10.4 Å². The number of benzene rings is 2. The summed E-state index contributed by atoms with van der Waals surface area (Å²) in [6.45, 7) is 0. The van der Waals surface area contributed by atoms with Crippen LogP contribution in [0, 0.1) is 6.07 Å². The molecule has 2 heterocycles. The third kappa shape index (κ3) is 1.20. The number of hydrogen-bond donors (Lipinski definition) is 0. The first-order chi connectivity index (χ1) is 7.57. The Kier molecular flexibility index (Phi) is 1.74. The van der Waals surface area contributed by atoms with Gasteiger partial charge in [-0.25, -0.2) is 8.42 Å². The molecule has 0 saturated carbocycles. The van der Waals surface area contributed by atoms with Gasteiger partial charge in [-0.2, -0.15) is 0 Å². The summed E-state index contributed by atoms with van der Waals surface area (Å²) in [5.74, 6) is 0. The first-order valence-corrected chi connectivity index (χ1v) is 6.68. The van der Waals surface area contributed by atoms with Gasteiger partial charge in [0.1, 0.15) is 0 Å². The van der Waals surface area contributed by atoms with E-state index in [4.69, 9.17) is 0 Å². The van der Waals surface area contributed by atoms with E-state index in [1.54, 1.807) is 12.3 Å². The van der Waals surface area contributed by atoms with Crippen LogP contribution in [0.5, 0.6) is 0 Å². The SMILES string of the molecule is CS(=O)(=O)c1[c]ccc2c3ccc(nc3)c12. The molecular weight excluding hydrogens is 222 g/mol. The van der Waals surface area contributed by atoms with Crippen molar-refractivity contribution in [1.29, 1.82) is 0 Å². The lowest BCUT2D eigenvalue weighted by Gasteiger charge is -2.08. The first-order valence-electron chi connectivity index (χ1n) is 4.79. The number of aromatic nitrogens is 1. The van der Waals surface area contributed by atoms with Gasteiger partial charge < -0.3 is 0 Å². The molecule has 4 rings (SSSR count). The summed E-state index contributed by atoms with van der Waals surface area (Å²) in [6, 6.07) is 10.1. The van der Waals surface area contributed by atoms with Gasteiger partial charge in [0, 0.05) is 29.3 Å². The van der Waals surface area contributed by atoms with E-state index in [0.29, 0.717) is 10.9 Å². The molecule has 0 atom stereocenters. The summed E-state index contributed by atoms with van der Waals surface area (Å²) in [4.78, 5) is 4.43. The average molecular weight is 230 g/mol. The summed E-state index contributed by atoms with van der Waals surface area (Å²) in [6.07, 6.45) is 2.95. The first kappa shape index (κ1) is 9.54. The smallest absolute Gasteiger partial charge is 0.176 e. The molecule has 0 fully saturated rings. The molecule has 0 saturated heterocycles.